The topological polar surface area (TPSA) is 50.2 Å². The number of carbonyl (C=O) groups is 1. The summed E-state index contributed by atoms with van der Waals surface area (Å²) in [6, 6.07) is 26.5. The number of nitrogens with one attached hydrogen (secondary N) is 1. The molecule has 0 saturated carbocycles. The molecule has 1 N–H and O–H groups in total. The molecule has 186 valence electrons. The fourth-order valence-electron chi connectivity index (χ4n) is 4.05. The number of hydrogen-bond donors (Lipinski definition) is 1. The Morgan fingerprint density at radius 3 is 2.46 bits per heavy atom. The lowest BCUT2D eigenvalue weighted by molar-refractivity contribution is 0.206. The van der Waals surface area contributed by atoms with Crippen LogP contribution in [0, 0.1) is 19.7 Å². The van der Waals surface area contributed by atoms with E-state index >= 15 is 0 Å². The molecule has 0 aliphatic carbocycles. The SMILES string of the molecule is Cc1ccc(CN(Cc2cn(-c3ccccc3)nc2-c2cccs2)C(=O)Nc2ccc(C)c(F)c2)cc1. The van der Waals surface area contributed by atoms with Crippen LogP contribution in [0.3, 0.4) is 0 Å². The molecule has 0 bridgehead atoms. The van der Waals surface area contributed by atoms with Crippen molar-refractivity contribution in [2.45, 2.75) is 26.9 Å². The molecule has 5 aromatic rings. The van der Waals surface area contributed by atoms with E-state index in [1.54, 1.807) is 35.3 Å². The number of rotatable bonds is 7. The lowest BCUT2D eigenvalue weighted by atomic mass is 10.1. The monoisotopic (exact) mass is 510 g/mol. The summed E-state index contributed by atoms with van der Waals surface area (Å²) in [5.74, 6) is -0.355. The highest BCUT2D eigenvalue weighted by Gasteiger charge is 2.21. The third-order valence-electron chi connectivity index (χ3n) is 6.13. The second kappa shape index (κ2) is 10.8. The third kappa shape index (κ3) is 5.78. The highest BCUT2D eigenvalue weighted by Crippen LogP contribution is 2.29. The zero-order chi connectivity index (χ0) is 25.8. The normalized spacial score (nSPS) is 10.9. The van der Waals surface area contributed by atoms with Crippen LogP contribution in [0.2, 0.25) is 0 Å². The highest BCUT2D eigenvalue weighted by atomic mass is 32.1. The minimum Gasteiger partial charge on any atom is -0.316 e. The molecule has 0 saturated heterocycles. The first-order valence-corrected chi connectivity index (χ1v) is 12.9. The maximum atomic E-state index is 14.2. The van der Waals surface area contributed by atoms with Gasteiger partial charge in [-0.3, -0.25) is 0 Å². The van der Waals surface area contributed by atoms with Crippen molar-refractivity contribution in [3.8, 4) is 16.3 Å². The molecule has 37 heavy (non-hydrogen) atoms. The predicted octanol–water partition coefficient (Wildman–Crippen LogP) is 7.59. The molecule has 0 unspecified atom stereocenters. The van der Waals surface area contributed by atoms with Gasteiger partial charge >= 0.3 is 6.03 Å². The molecule has 5 rings (SSSR count). The van der Waals surface area contributed by atoms with E-state index in [0.29, 0.717) is 24.3 Å². The van der Waals surface area contributed by atoms with E-state index in [9.17, 15) is 9.18 Å². The first-order chi connectivity index (χ1) is 18.0. The van der Waals surface area contributed by atoms with Crippen LogP contribution in [-0.4, -0.2) is 20.7 Å². The maximum absolute atomic E-state index is 14.2. The van der Waals surface area contributed by atoms with Crippen molar-refractivity contribution in [2.75, 3.05) is 5.32 Å². The Bertz CT molecular complexity index is 1490. The summed E-state index contributed by atoms with van der Waals surface area (Å²) in [4.78, 5) is 16.3. The number of hydrogen-bond acceptors (Lipinski definition) is 3. The third-order valence-corrected chi connectivity index (χ3v) is 7.01. The number of urea groups is 1. The van der Waals surface area contributed by atoms with Gasteiger partial charge in [0.1, 0.15) is 11.5 Å². The number of para-hydroxylation sites is 1. The van der Waals surface area contributed by atoms with Crippen molar-refractivity contribution < 1.29 is 9.18 Å². The zero-order valence-corrected chi connectivity index (χ0v) is 21.5. The van der Waals surface area contributed by atoms with E-state index in [2.05, 4.69) is 5.32 Å². The summed E-state index contributed by atoms with van der Waals surface area (Å²) in [5.41, 5.74) is 5.80. The number of benzene rings is 3. The molecular weight excluding hydrogens is 483 g/mol. The quantitative estimate of drug-likeness (QED) is 0.245. The summed E-state index contributed by atoms with van der Waals surface area (Å²) in [5, 5.41) is 9.77. The molecule has 3 aromatic carbocycles. The van der Waals surface area contributed by atoms with Crippen molar-refractivity contribution >= 4 is 23.1 Å². The second-order valence-electron chi connectivity index (χ2n) is 9.00. The van der Waals surface area contributed by atoms with Crippen LogP contribution in [0.5, 0.6) is 0 Å². The summed E-state index contributed by atoms with van der Waals surface area (Å²) in [7, 11) is 0. The Balaban J connectivity index is 1.49. The number of aromatic nitrogens is 2. The van der Waals surface area contributed by atoms with Crippen LogP contribution in [0.1, 0.15) is 22.3 Å². The summed E-state index contributed by atoms with van der Waals surface area (Å²) < 4.78 is 16.0. The van der Waals surface area contributed by atoms with Crippen molar-refractivity contribution in [3.05, 3.63) is 125 Å². The first-order valence-electron chi connectivity index (χ1n) is 12.0. The molecule has 7 heteroatoms. The van der Waals surface area contributed by atoms with Gasteiger partial charge in [0.25, 0.3) is 0 Å². The van der Waals surface area contributed by atoms with Gasteiger partial charge in [0.05, 0.1) is 17.1 Å². The summed E-state index contributed by atoms with van der Waals surface area (Å²) >= 11 is 1.61. The van der Waals surface area contributed by atoms with Crippen LogP contribution >= 0.6 is 11.3 Å². The van der Waals surface area contributed by atoms with E-state index in [1.165, 1.54) is 6.07 Å². The fourth-order valence-corrected chi connectivity index (χ4v) is 4.80. The highest BCUT2D eigenvalue weighted by molar-refractivity contribution is 7.13. The fraction of sp³-hybridized carbons (Fsp3) is 0.133. The van der Waals surface area contributed by atoms with E-state index in [-0.39, 0.29) is 11.8 Å². The van der Waals surface area contributed by atoms with E-state index in [1.807, 2.05) is 89.9 Å². The minimum atomic E-state index is -0.355. The Morgan fingerprint density at radius 2 is 1.76 bits per heavy atom. The molecule has 2 heterocycles. The summed E-state index contributed by atoms with van der Waals surface area (Å²) in [6.45, 7) is 4.45. The van der Waals surface area contributed by atoms with E-state index < -0.39 is 0 Å². The molecule has 0 aliphatic heterocycles. The molecule has 2 amide bonds. The second-order valence-corrected chi connectivity index (χ2v) is 9.94. The Morgan fingerprint density at radius 1 is 0.973 bits per heavy atom. The number of aryl methyl sites for hydroxylation is 2. The molecule has 0 radical (unpaired) electrons. The number of amides is 2. The summed E-state index contributed by atoms with van der Waals surface area (Å²) in [6.07, 6.45) is 1.98. The van der Waals surface area contributed by atoms with E-state index in [0.717, 1.165) is 32.9 Å². The molecular formula is C30H27FN4OS. The lowest BCUT2D eigenvalue weighted by Gasteiger charge is -2.23. The van der Waals surface area contributed by atoms with E-state index in [4.69, 9.17) is 5.10 Å². The number of anilines is 1. The van der Waals surface area contributed by atoms with Crippen molar-refractivity contribution in [2.24, 2.45) is 0 Å². The number of carbonyl (C=O) groups excluding carboxylic acids is 1. The molecule has 2 aromatic heterocycles. The van der Waals surface area contributed by atoms with Gasteiger partial charge in [-0.25, -0.2) is 13.9 Å². The minimum absolute atomic E-state index is 0.312. The lowest BCUT2D eigenvalue weighted by Crippen LogP contribution is -2.34. The predicted molar refractivity (Wildman–Crippen MR) is 147 cm³/mol. The number of thiophene rings is 1. The van der Waals surface area contributed by atoms with Gasteiger partial charge in [-0.15, -0.1) is 11.3 Å². The average Bonchev–Trinajstić information content (AvgIpc) is 3.58. The van der Waals surface area contributed by atoms with Gasteiger partial charge in [-0.2, -0.15) is 5.10 Å². The van der Waals surface area contributed by atoms with Gasteiger partial charge in [-0.1, -0.05) is 60.2 Å². The van der Waals surface area contributed by atoms with Gasteiger partial charge in [0.2, 0.25) is 0 Å². The number of halogens is 1. The standard InChI is InChI=1S/C30H27FN4OS/c1-21-10-13-23(14-11-21)18-34(30(36)32-25-15-12-22(2)27(31)17-25)19-24-20-35(26-7-4-3-5-8-26)33-29(24)28-9-6-16-37-28/h3-17,20H,18-19H2,1-2H3,(H,32,36). The molecule has 5 nitrogen and oxygen atoms in total. The van der Waals surface area contributed by atoms with Crippen molar-refractivity contribution in [1.29, 1.82) is 0 Å². The van der Waals surface area contributed by atoms with Gasteiger partial charge in [0, 0.05) is 24.0 Å². The van der Waals surface area contributed by atoms with Gasteiger partial charge in [0.15, 0.2) is 0 Å². The maximum Gasteiger partial charge on any atom is 0.322 e. The largest absolute Gasteiger partial charge is 0.322 e. The van der Waals surface area contributed by atoms with Crippen LogP contribution in [0.15, 0.2) is 96.5 Å². The van der Waals surface area contributed by atoms with Crippen LogP contribution < -0.4 is 5.32 Å². The molecule has 0 aliphatic rings. The Kier molecular flexibility index (Phi) is 7.14. The smallest absolute Gasteiger partial charge is 0.316 e. The number of nitrogens with zero attached hydrogens (tertiary/aromatic N) is 3. The average molecular weight is 511 g/mol. The van der Waals surface area contributed by atoms with Crippen LogP contribution in [-0.2, 0) is 13.1 Å². The van der Waals surface area contributed by atoms with Crippen LogP contribution in [0.25, 0.3) is 16.3 Å². The first kappa shape index (κ1) is 24.5. The van der Waals surface area contributed by atoms with Crippen molar-refractivity contribution in [1.82, 2.24) is 14.7 Å². The zero-order valence-electron chi connectivity index (χ0n) is 20.7. The van der Waals surface area contributed by atoms with Gasteiger partial charge in [-0.05, 0) is 60.7 Å². The van der Waals surface area contributed by atoms with Crippen molar-refractivity contribution in [3.63, 3.8) is 0 Å². The Labute approximate surface area is 219 Å². The molecule has 0 atom stereocenters. The Hall–Kier alpha value is -4.23. The molecule has 0 spiro atoms. The van der Waals surface area contributed by atoms with Crippen LogP contribution in [0.4, 0.5) is 14.9 Å². The molecule has 0 fully saturated rings. The van der Waals surface area contributed by atoms with Gasteiger partial charge < -0.3 is 10.2 Å².